The lowest BCUT2D eigenvalue weighted by molar-refractivity contribution is -0.129. The molecule has 1 atom stereocenters. The van der Waals surface area contributed by atoms with Crippen LogP contribution in [0.3, 0.4) is 0 Å². The van der Waals surface area contributed by atoms with Gasteiger partial charge in [0.25, 0.3) is 0 Å². The Labute approximate surface area is 199 Å². The highest BCUT2D eigenvalue weighted by atomic mass is 16.5. The molecule has 34 heavy (non-hydrogen) atoms. The quantitative estimate of drug-likeness (QED) is 0.514. The van der Waals surface area contributed by atoms with Crippen LogP contribution in [0.1, 0.15) is 28.7 Å². The molecule has 3 aromatic carbocycles. The molecule has 1 heterocycles. The van der Waals surface area contributed by atoms with Crippen molar-refractivity contribution >= 4 is 23.2 Å². The van der Waals surface area contributed by atoms with Gasteiger partial charge in [0.15, 0.2) is 0 Å². The van der Waals surface area contributed by atoms with E-state index in [1.54, 1.807) is 4.90 Å². The van der Waals surface area contributed by atoms with Gasteiger partial charge in [-0.25, -0.2) is 0 Å². The van der Waals surface area contributed by atoms with Gasteiger partial charge in [-0.2, -0.15) is 5.26 Å². The molecule has 172 valence electrons. The van der Waals surface area contributed by atoms with Gasteiger partial charge in [-0.1, -0.05) is 36.4 Å². The van der Waals surface area contributed by atoms with Crippen LogP contribution in [-0.4, -0.2) is 18.4 Å². The lowest BCUT2D eigenvalue weighted by Crippen LogP contribution is -2.33. The van der Waals surface area contributed by atoms with Crippen LogP contribution in [0.2, 0.25) is 0 Å². The van der Waals surface area contributed by atoms with Gasteiger partial charge < -0.3 is 15.0 Å². The van der Waals surface area contributed by atoms with Crippen LogP contribution < -0.4 is 15.0 Å². The average Bonchev–Trinajstić information content (AvgIpc) is 3.23. The minimum Gasteiger partial charge on any atom is -0.489 e. The van der Waals surface area contributed by atoms with Gasteiger partial charge >= 0.3 is 0 Å². The summed E-state index contributed by atoms with van der Waals surface area (Å²) in [6, 6.07) is 22.8. The lowest BCUT2D eigenvalue weighted by atomic mass is 10.1. The monoisotopic (exact) mass is 453 g/mol. The molecule has 6 nitrogen and oxygen atoms in total. The number of hydrogen-bond acceptors (Lipinski definition) is 4. The Bertz CT molecular complexity index is 1240. The summed E-state index contributed by atoms with van der Waals surface area (Å²) in [4.78, 5) is 27.7. The van der Waals surface area contributed by atoms with E-state index in [1.807, 2.05) is 80.6 Å². The molecule has 0 aliphatic carbocycles. The molecule has 0 radical (unpaired) electrons. The van der Waals surface area contributed by atoms with E-state index in [0.29, 0.717) is 30.8 Å². The minimum absolute atomic E-state index is 0.174. The number of amides is 2. The number of nitrogens with zero attached hydrogens (tertiary/aromatic N) is 2. The molecule has 1 unspecified atom stereocenters. The summed E-state index contributed by atoms with van der Waals surface area (Å²) in [5.41, 5.74) is 5.49. The molecule has 0 aromatic heterocycles. The number of carbonyl (C=O) groups excluding carboxylic acids is 2. The third kappa shape index (κ3) is 5.10. The summed E-state index contributed by atoms with van der Waals surface area (Å²) >= 11 is 0. The Balaban J connectivity index is 1.41. The Morgan fingerprint density at radius 1 is 1.09 bits per heavy atom. The maximum Gasteiger partial charge on any atom is 0.239 e. The van der Waals surface area contributed by atoms with Gasteiger partial charge in [0.05, 0.1) is 12.5 Å². The number of aryl methyl sites for hydroxylation is 2. The van der Waals surface area contributed by atoms with Crippen molar-refractivity contribution in [2.45, 2.75) is 33.3 Å². The summed E-state index contributed by atoms with van der Waals surface area (Å²) in [7, 11) is 0. The molecule has 0 saturated carbocycles. The molecule has 1 N–H and O–H groups in total. The zero-order valence-electron chi connectivity index (χ0n) is 19.4. The fourth-order valence-corrected chi connectivity index (χ4v) is 4.02. The van der Waals surface area contributed by atoms with Crippen molar-refractivity contribution in [2.24, 2.45) is 5.92 Å². The van der Waals surface area contributed by atoms with Gasteiger partial charge in [-0.05, 0) is 67.3 Å². The molecule has 0 spiro atoms. The fraction of sp³-hybridized carbons (Fsp3) is 0.250. The third-order valence-corrected chi connectivity index (χ3v) is 6.20. The second-order valence-electron chi connectivity index (χ2n) is 8.51. The zero-order chi connectivity index (χ0) is 24.1. The topological polar surface area (TPSA) is 82.4 Å². The Morgan fingerprint density at radius 3 is 2.59 bits per heavy atom. The first kappa shape index (κ1) is 23.1. The predicted octanol–water partition coefficient (Wildman–Crippen LogP) is 4.94. The van der Waals surface area contributed by atoms with Crippen LogP contribution in [0.15, 0.2) is 66.7 Å². The first-order valence-electron chi connectivity index (χ1n) is 11.3. The highest BCUT2D eigenvalue weighted by molar-refractivity contribution is 6.13. The van der Waals surface area contributed by atoms with E-state index in [4.69, 9.17) is 10.00 Å². The highest BCUT2D eigenvalue weighted by Crippen LogP contribution is 2.28. The van der Waals surface area contributed by atoms with Crippen molar-refractivity contribution in [2.75, 3.05) is 16.8 Å². The Hall–Kier alpha value is -4.11. The number of hydrogen-bond donors (Lipinski definition) is 1. The molecule has 6 heteroatoms. The van der Waals surface area contributed by atoms with Gasteiger partial charge in [0.1, 0.15) is 18.3 Å². The summed E-state index contributed by atoms with van der Waals surface area (Å²) < 4.78 is 5.88. The summed E-state index contributed by atoms with van der Waals surface area (Å²) in [6.07, 6.45) is 0.835. The van der Waals surface area contributed by atoms with Crippen LogP contribution in [0.5, 0.6) is 5.75 Å². The molecule has 1 fully saturated rings. The Kier molecular flexibility index (Phi) is 6.93. The first-order chi connectivity index (χ1) is 16.5. The number of para-hydroxylation sites is 1. The maximum absolute atomic E-state index is 13.0. The van der Waals surface area contributed by atoms with Crippen LogP contribution in [0.25, 0.3) is 0 Å². The number of ether oxygens (including phenoxy) is 1. The molecule has 1 saturated heterocycles. The lowest BCUT2D eigenvalue weighted by Gasteiger charge is -2.18. The predicted molar refractivity (Wildman–Crippen MR) is 132 cm³/mol. The number of benzene rings is 3. The molecule has 3 aromatic rings. The summed E-state index contributed by atoms with van der Waals surface area (Å²) in [5, 5.41) is 11.7. The second-order valence-corrected chi connectivity index (χ2v) is 8.51. The second kappa shape index (κ2) is 10.2. The number of nitriles is 1. The Morgan fingerprint density at radius 2 is 1.85 bits per heavy atom. The van der Waals surface area contributed by atoms with E-state index in [0.717, 1.165) is 22.4 Å². The van der Waals surface area contributed by atoms with E-state index >= 15 is 0 Å². The van der Waals surface area contributed by atoms with Crippen LogP contribution >= 0.6 is 0 Å². The van der Waals surface area contributed by atoms with Crippen molar-refractivity contribution in [3.63, 3.8) is 0 Å². The van der Waals surface area contributed by atoms with E-state index in [1.165, 1.54) is 5.56 Å². The highest BCUT2D eigenvalue weighted by Gasteiger charge is 2.37. The van der Waals surface area contributed by atoms with Crippen LogP contribution in [0, 0.1) is 31.1 Å². The molecule has 1 aliphatic heterocycles. The molecule has 0 bridgehead atoms. The van der Waals surface area contributed by atoms with Crippen molar-refractivity contribution in [3.05, 3.63) is 89.0 Å². The van der Waals surface area contributed by atoms with Crippen LogP contribution in [0.4, 0.5) is 11.4 Å². The van der Waals surface area contributed by atoms with E-state index in [-0.39, 0.29) is 18.4 Å². The van der Waals surface area contributed by atoms with Gasteiger partial charge in [-0.3, -0.25) is 9.59 Å². The third-order valence-electron chi connectivity index (χ3n) is 6.20. The average molecular weight is 454 g/mol. The molecule has 2 amide bonds. The number of rotatable bonds is 7. The van der Waals surface area contributed by atoms with Crippen LogP contribution in [-0.2, 0) is 22.6 Å². The smallest absolute Gasteiger partial charge is 0.239 e. The number of nitrogens with one attached hydrogen (secondary N) is 1. The van der Waals surface area contributed by atoms with Gasteiger partial charge in [0.2, 0.25) is 11.8 Å². The molecule has 4 rings (SSSR count). The molecular formula is C28H27N3O3. The SMILES string of the molecule is Cc1ccc(N2CCC(C(=O)Nc3ccccc3COc3ccc(CC#N)cc3)C2=O)cc1C. The van der Waals surface area contributed by atoms with Crippen molar-refractivity contribution in [1.82, 2.24) is 0 Å². The minimum atomic E-state index is -0.719. The molecule has 1 aliphatic rings. The van der Waals surface area contributed by atoms with Crippen molar-refractivity contribution in [1.29, 1.82) is 5.26 Å². The maximum atomic E-state index is 13.0. The van der Waals surface area contributed by atoms with Crippen molar-refractivity contribution in [3.8, 4) is 11.8 Å². The van der Waals surface area contributed by atoms with E-state index < -0.39 is 5.92 Å². The zero-order valence-corrected chi connectivity index (χ0v) is 19.4. The summed E-state index contributed by atoms with van der Waals surface area (Å²) in [5.74, 6) is -0.516. The van der Waals surface area contributed by atoms with Gasteiger partial charge in [0, 0.05) is 23.5 Å². The number of anilines is 2. The van der Waals surface area contributed by atoms with E-state index in [9.17, 15) is 9.59 Å². The largest absolute Gasteiger partial charge is 0.489 e. The first-order valence-corrected chi connectivity index (χ1v) is 11.3. The normalized spacial score (nSPS) is 15.1. The van der Waals surface area contributed by atoms with Gasteiger partial charge in [-0.15, -0.1) is 0 Å². The molecular weight excluding hydrogens is 426 g/mol. The fourth-order valence-electron chi connectivity index (χ4n) is 4.02. The summed E-state index contributed by atoms with van der Waals surface area (Å²) in [6.45, 7) is 4.84. The van der Waals surface area contributed by atoms with Crippen molar-refractivity contribution < 1.29 is 14.3 Å². The standard InChI is InChI=1S/C28H27N3O3/c1-19-7-10-23(17-20(19)2)31-16-14-25(28(31)33)27(32)30-26-6-4-3-5-22(26)18-34-24-11-8-21(9-12-24)13-15-29/h3-12,17,25H,13-14,16,18H2,1-2H3,(H,30,32). The number of carbonyl (C=O) groups is 2. The van der Waals surface area contributed by atoms with E-state index in [2.05, 4.69) is 11.4 Å².